The fourth-order valence-electron chi connectivity index (χ4n) is 2.33. The van der Waals surface area contributed by atoms with Gasteiger partial charge in [0.25, 0.3) is 0 Å². The Balaban J connectivity index is 5.30. The van der Waals surface area contributed by atoms with Crippen LogP contribution in [0.2, 0.25) is 0 Å². The number of carbonyl (C=O) groups is 1. The second-order valence-electron chi connectivity index (χ2n) is 7.94. The van der Waals surface area contributed by atoms with Crippen molar-refractivity contribution in [1.82, 2.24) is 9.21 Å². The van der Waals surface area contributed by atoms with E-state index >= 15 is 0 Å². The summed E-state index contributed by atoms with van der Waals surface area (Å²) in [4.78, 5) is 13.8. The predicted octanol–water partition coefficient (Wildman–Crippen LogP) is 2.85. The molecule has 0 aliphatic rings. The van der Waals surface area contributed by atoms with Crippen molar-refractivity contribution in [3.63, 3.8) is 0 Å². The first-order valence-corrected chi connectivity index (χ1v) is 9.66. The number of amides is 1. The van der Waals surface area contributed by atoms with Crippen LogP contribution in [0.4, 0.5) is 4.79 Å². The highest BCUT2D eigenvalue weighted by molar-refractivity contribution is 7.97. The molecule has 2 unspecified atom stereocenters. The number of ether oxygens (including phenoxy) is 1. The molecule has 0 saturated heterocycles. The Hall–Kier alpha value is -0.750. The summed E-state index contributed by atoms with van der Waals surface area (Å²) in [6, 6.07) is -0.000471. The maximum atomic E-state index is 12.4. The Labute approximate surface area is 137 Å². The quantitative estimate of drug-likeness (QED) is 0.727. The molecule has 0 aromatic carbocycles. The van der Waals surface area contributed by atoms with Crippen LogP contribution in [0.15, 0.2) is 0 Å². The standard InChI is InChI=1S/C16H34N2O3S/c1-13(15(2,3)4)17(14(19)21-8)11-12-18(16(5,6)7)22(9,10)20/h13H,9,11-12H2,1-8,10H3. The average Bonchev–Trinajstić information content (AvgIpc) is 2.28. The van der Waals surface area contributed by atoms with Gasteiger partial charge in [0.2, 0.25) is 0 Å². The fraction of sp³-hybridized carbons (Fsp3) is 0.875. The van der Waals surface area contributed by atoms with Crippen molar-refractivity contribution in [2.45, 2.75) is 60.0 Å². The van der Waals surface area contributed by atoms with Gasteiger partial charge in [-0.3, -0.25) is 4.21 Å². The molecule has 0 rings (SSSR count). The normalized spacial score (nSPS) is 17.0. The smallest absolute Gasteiger partial charge is 0.409 e. The van der Waals surface area contributed by atoms with Crippen LogP contribution in [0, 0.1) is 5.41 Å². The third kappa shape index (κ3) is 6.16. The molecule has 0 bridgehead atoms. The lowest BCUT2D eigenvalue weighted by Gasteiger charge is -2.41. The monoisotopic (exact) mass is 334 g/mol. The minimum atomic E-state index is -2.36. The van der Waals surface area contributed by atoms with Crippen LogP contribution < -0.4 is 0 Å². The van der Waals surface area contributed by atoms with E-state index in [-0.39, 0.29) is 23.1 Å². The van der Waals surface area contributed by atoms with Gasteiger partial charge in [0, 0.05) is 40.6 Å². The molecule has 6 heteroatoms. The van der Waals surface area contributed by atoms with E-state index in [4.69, 9.17) is 4.74 Å². The molecule has 0 aromatic heterocycles. The van der Waals surface area contributed by atoms with Gasteiger partial charge in [-0.25, -0.2) is 9.10 Å². The Morgan fingerprint density at radius 1 is 1.18 bits per heavy atom. The van der Waals surface area contributed by atoms with Crippen molar-refractivity contribution in [2.75, 3.05) is 26.5 Å². The van der Waals surface area contributed by atoms with Gasteiger partial charge in [0.05, 0.1) is 7.11 Å². The van der Waals surface area contributed by atoms with E-state index in [1.165, 1.54) is 7.11 Å². The molecule has 132 valence electrons. The summed E-state index contributed by atoms with van der Waals surface area (Å²) in [5, 5.41) is 0. The molecule has 0 N–H and O–H groups in total. The van der Waals surface area contributed by atoms with Gasteiger partial charge < -0.3 is 9.64 Å². The third-order valence-corrected chi connectivity index (χ3v) is 5.55. The zero-order valence-corrected chi connectivity index (χ0v) is 16.5. The second-order valence-corrected chi connectivity index (χ2v) is 10.3. The molecule has 5 nitrogen and oxygen atoms in total. The van der Waals surface area contributed by atoms with Crippen LogP contribution in [0.25, 0.3) is 0 Å². The van der Waals surface area contributed by atoms with Gasteiger partial charge >= 0.3 is 6.09 Å². The first-order valence-electron chi connectivity index (χ1n) is 7.57. The van der Waals surface area contributed by atoms with Crippen molar-refractivity contribution in [1.29, 1.82) is 0 Å². The van der Waals surface area contributed by atoms with Gasteiger partial charge in [0.1, 0.15) is 0 Å². The van der Waals surface area contributed by atoms with Gasteiger partial charge in [-0.05, 0) is 39.0 Å². The number of rotatable bonds is 5. The summed E-state index contributed by atoms with van der Waals surface area (Å²) in [6.45, 7) is 15.2. The molecule has 0 aromatic rings. The van der Waals surface area contributed by atoms with Crippen LogP contribution in [-0.4, -0.2) is 63.4 Å². The lowest BCUT2D eigenvalue weighted by atomic mass is 9.87. The first kappa shape index (κ1) is 21.2. The Morgan fingerprint density at radius 3 is 1.91 bits per heavy atom. The van der Waals surface area contributed by atoms with Crippen molar-refractivity contribution in [2.24, 2.45) is 5.41 Å². The molecule has 22 heavy (non-hydrogen) atoms. The van der Waals surface area contributed by atoms with E-state index in [9.17, 15) is 9.00 Å². The molecule has 1 amide bonds. The van der Waals surface area contributed by atoms with Crippen molar-refractivity contribution < 1.29 is 13.7 Å². The van der Waals surface area contributed by atoms with Crippen LogP contribution in [0.3, 0.4) is 0 Å². The highest BCUT2D eigenvalue weighted by Gasteiger charge is 2.32. The predicted molar refractivity (Wildman–Crippen MR) is 95.7 cm³/mol. The van der Waals surface area contributed by atoms with E-state index in [2.05, 4.69) is 26.6 Å². The molecule has 0 aliphatic heterocycles. The average molecular weight is 335 g/mol. The summed E-state index contributed by atoms with van der Waals surface area (Å²) >= 11 is 0. The molecule has 2 atom stereocenters. The van der Waals surface area contributed by atoms with E-state index in [0.29, 0.717) is 13.1 Å². The lowest BCUT2D eigenvalue weighted by molar-refractivity contribution is 0.0704. The molecular weight excluding hydrogens is 300 g/mol. The van der Waals surface area contributed by atoms with E-state index in [1.54, 1.807) is 11.2 Å². The molecule has 0 fully saturated rings. The number of hydrogen-bond donors (Lipinski definition) is 0. The van der Waals surface area contributed by atoms with E-state index in [0.717, 1.165) is 0 Å². The van der Waals surface area contributed by atoms with Crippen LogP contribution >= 0.6 is 0 Å². The van der Waals surface area contributed by atoms with Gasteiger partial charge in [-0.15, -0.1) is 0 Å². The fourth-order valence-corrected chi connectivity index (χ4v) is 3.96. The molecule has 0 spiro atoms. The van der Waals surface area contributed by atoms with Gasteiger partial charge in [-0.1, -0.05) is 20.8 Å². The van der Waals surface area contributed by atoms with Crippen molar-refractivity contribution >= 4 is 21.7 Å². The van der Waals surface area contributed by atoms with E-state index in [1.807, 2.05) is 32.0 Å². The Kier molecular flexibility index (Phi) is 6.97. The highest BCUT2D eigenvalue weighted by atomic mass is 32.2. The van der Waals surface area contributed by atoms with Crippen LogP contribution in [0.5, 0.6) is 0 Å². The zero-order chi connectivity index (χ0) is 17.9. The number of carbonyl (C=O) groups excluding carboxylic acids is 1. The van der Waals surface area contributed by atoms with Crippen molar-refractivity contribution in [3.05, 3.63) is 0 Å². The molecule has 0 saturated carbocycles. The SMILES string of the molecule is C=S(C)(=O)N(CCN(C(=O)OC)C(C)C(C)(C)C)C(C)(C)C. The minimum Gasteiger partial charge on any atom is -0.453 e. The van der Waals surface area contributed by atoms with E-state index < -0.39 is 9.71 Å². The number of hydrogen-bond acceptors (Lipinski definition) is 3. The summed E-state index contributed by atoms with van der Waals surface area (Å²) in [5.41, 5.74) is -0.362. The summed E-state index contributed by atoms with van der Waals surface area (Å²) in [6.07, 6.45) is 1.27. The van der Waals surface area contributed by atoms with Crippen LogP contribution in [0.1, 0.15) is 48.5 Å². The molecule has 0 aliphatic carbocycles. The Bertz CT molecular complexity index is 473. The van der Waals surface area contributed by atoms with Crippen LogP contribution in [-0.2, 0) is 14.4 Å². The zero-order valence-electron chi connectivity index (χ0n) is 15.7. The lowest BCUT2D eigenvalue weighted by Crippen LogP contribution is -2.52. The maximum Gasteiger partial charge on any atom is 0.409 e. The van der Waals surface area contributed by atoms with Gasteiger partial charge in [0.15, 0.2) is 0 Å². The molecular formula is C16H34N2O3S. The number of methoxy groups -OCH3 is 1. The largest absolute Gasteiger partial charge is 0.453 e. The first-order chi connectivity index (χ1) is 9.62. The Morgan fingerprint density at radius 2 is 1.64 bits per heavy atom. The summed E-state index contributed by atoms with van der Waals surface area (Å²) in [7, 11) is -0.972. The summed E-state index contributed by atoms with van der Waals surface area (Å²) < 4.78 is 19.2. The minimum absolute atomic E-state index is 0.000471. The maximum absolute atomic E-state index is 12.4. The van der Waals surface area contributed by atoms with Gasteiger partial charge in [-0.2, -0.15) is 0 Å². The second kappa shape index (κ2) is 7.21. The number of nitrogens with zero attached hydrogens (tertiary/aromatic N) is 2. The third-order valence-electron chi connectivity index (χ3n) is 3.89. The highest BCUT2D eigenvalue weighted by Crippen LogP contribution is 2.25. The molecule has 0 heterocycles. The topological polar surface area (TPSA) is 49.9 Å². The molecule has 0 radical (unpaired) electrons. The summed E-state index contributed by atoms with van der Waals surface area (Å²) in [5.74, 6) is 3.79. The van der Waals surface area contributed by atoms with Crippen molar-refractivity contribution in [3.8, 4) is 0 Å².